The Labute approximate surface area is 219 Å². The van der Waals surface area contributed by atoms with Crippen molar-refractivity contribution in [2.75, 3.05) is 23.7 Å². The number of nitrogens with zero attached hydrogens (tertiary/aromatic N) is 4. The van der Waals surface area contributed by atoms with Gasteiger partial charge in [-0.05, 0) is 50.0 Å². The molecule has 3 aromatic rings. The fourth-order valence-electron chi connectivity index (χ4n) is 4.90. The van der Waals surface area contributed by atoms with Crippen molar-refractivity contribution in [3.63, 3.8) is 0 Å². The Balaban J connectivity index is 1.30. The maximum Gasteiger partial charge on any atom is 0.251 e. The number of piperidine rings is 1. The van der Waals surface area contributed by atoms with Crippen molar-refractivity contribution in [2.45, 2.75) is 38.1 Å². The molecular formula is C27H28ClN7O2. The van der Waals surface area contributed by atoms with Crippen molar-refractivity contribution in [3.05, 3.63) is 65.0 Å². The highest BCUT2D eigenvalue weighted by atomic mass is 35.5. The summed E-state index contributed by atoms with van der Waals surface area (Å²) < 4.78 is 1.76. The van der Waals surface area contributed by atoms with Crippen LogP contribution < -0.4 is 16.0 Å². The first kappa shape index (κ1) is 23.5. The summed E-state index contributed by atoms with van der Waals surface area (Å²) in [6.07, 6.45) is 7.79. The van der Waals surface area contributed by atoms with Crippen molar-refractivity contribution in [1.82, 2.24) is 24.8 Å². The van der Waals surface area contributed by atoms with Crippen LogP contribution in [-0.2, 0) is 9.59 Å². The summed E-state index contributed by atoms with van der Waals surface area (Å²) >= 11 is 6.18. The van der Waals surface area contributed by atoms with E-state index in [0.717, 1.165) is 55.8 Å². The lowest BCUT2D eigenvalue weighted by molar-refractivity contribution is -0.133. The molecule has 4 heterocycles. The predicted octanol–water partition coefficient (Wildman–Crippen LogP) is 4.36. The van der Waals surface area contributed by atoms with Gasteiger partial charge in [0.25, 0.3) is 5.91 Å². The van der Waals surface area contributed by atoms with Gasteiger partial charge in [-0.25, -0.2) is 4.98 Å². The molecule has 0 radical (unpaired) electrons. The molecule has 3 aliphatic rings. The number of carbonyl (C=O) groups excluding carboxylic acids is 2. The third-order valence-corrected chi connectivity index (χ3v) is 7.23. The smallest absolute Gasteiger partial charge is 0.251 e. The van der Waals surface area contributed by atoms with Crippen LogP contribution in [0.25, 0.3) is 11.7 Å². The first-order chi connectivity index (χ1) is 17.9. The van der Waals surface area contributed by atoms with E-state index in [0.29, 0.717) is 40.1 Å². The Morgan fingerprint density at radius 2 is 2.00 bits per heavy atom. The van der Waals surface area contributed by atoms with Crippen LogP contribution in [0.4, 0.5) is 17.3 Å². The predicted molar refractivity (Wildman–Crippen MR) is 144 cm³/mol. The number of hydrogen-bond acceptors (Lipinski definition) is 6. The molecule has 0 atom stereocenters. The minimum absolute atomic E-state index is 0.150. The lowest BCUT2D eigenvalue weighted by Gasteiger charge is -2.33. The zero-order valence-electron chi connectivity index (χ0n) is 20.3. The van der Waals surface area contributed by atoms with E-state index in [-0.39, 0.29) is 17.9 Å². The van der Waals surface area contributed by atoms with Gasteiger partial charge in [-0.1, -0.05) is 24.2 Å². The molecule has 2 amide bonds. The number of benzene rings is 1. The summed E-state index contributed by atoms with van der Waals surface area (Å²) in [5.41, 5.74) is 3.47. The molecule has 1 aliphatic carbocycles. The first-order valence-corrected chi connectivity index (χ1v) is 13.0. The van der Waals surface area contributed by atoms with Crippen LogP contribution in [0.3, 0.4) is 0 Å². The molecule has 1 aromatic carbocycles. The Bertz CT molecular complexity index is 1430. The number of hydrogen-bond donors (Lipinski definition) is 3. The molecule has 0 bridgehead atoms. The zero-order valence-corrected chi connectivity index (χ0v) is 21.1. The second-order valence-corrected chi connectivity index (χ2v) is 10.4. The second kappa shape index (κ2) is 9.55. The highest BCUT2D eigenvalue weighted by Crippen LogP contribution is 2.32. The normalized spacial score (nSPS) is 19.5. The van der Waals surface area contributed by atoms with E-state index in [1.54, 1.807) is 10.7 Å². The molecule has 6 rings (SSSR count). The van der Waals surface area contributed by atoms with Gasteiger partial charge >= 0.3 is 0 Å². The Morgan fingerprint density at radius 1 is 1.19 bits per heavy atom. The fraction of sp³-hybridized carbons (Fsp3) is 0.333. The summed E-state index contributed by atoms with van der Waals surface area (Å²) in [6, 6.07) is 9.57. The average Bonchev–Trinajstić information content (AvgIpc) is 3.57. The number of nitrogens with one attached hydrogen (secondary N) is 3. The lowest BCUT2D eigenvalue weighted by atomic mass is 10.0. The SMILES string of the molecule is C=C1C/C(=C\c2cnn3c(NC4CCN(C(=O)C5CC5)CC4)cc(Nc4cccc(Cl)c4)nc23)C(=O)N1. The topological polar surface area (TPSA) is 104 Å². The molecule has 2 aromatic heterocycles. The third kappa shape index (κ3) is 5.04. The number of carbonyl (C=O) groups is 2. The molecule has 0 spiro atoms. The van der Waals surface area contributed by atoms with Crippen molar-refractivity contribution in [1.29, 1.82) is 0 Å². The van der Waals surface area contributed by atoms with Crippen LogP contribution >= 0.6 is 11.6 Å². The second-order valence-electron chi connectivity index (χ2n) is 9.92. The lowest BCUT2D eigenvalue weighted by Crippen LogP contribution is -2.43. The summed E-state index contributed by atoms with van der Waals surface area (Å²) in [5, 5.41) is 14.9. The fourth-order valence-corrected chi connectivity index (χ4v) is 5.09. The highest BCUT2D eigenvalue weighted by molar-refractivity contribution is 6.30. The molecule has 9 nitrogen and oxygen atoms in total. The van der Waals surface area contributed by atoms with Crippen molar-refractivity contribution >= 4 is 52.5 Å². The number of amides is 2. The quantitative estimate of drug-likeness (QED) is 0.420. The van der Waals surface area contributed by atoms with Crippen molar-refractivity contribution in [2.24, 2.45) is 5.92 Å². The van der Waals surface area contributed by atoms with E-state index < -0.39 is 0 Å². The summed E-state index contributed by atoms with van der Waals surface area (Å²) in [6.45, 7) is 5.37. The zero-order chi connectivity index (χ0) is 25.5. The van der Waals surface area contributed by atoms with Crippen LogP contribution in [0.1, 0.15) is 37.7 Å². The van der Waals surface area contributed by atoms with E-state index in [2.05, 4.69) is 27.6 Å². The van der Waals surface area contributed by atoms with E-state index in [1.165, 1.54) is 0 Å². The Kier molecular flexibility index (Phi) is 6.08. The van der Waals surface area contributed by atoms with E-state index in [9.17, 15) is 9.59 Å². The molecule has 190 valence electrons. The highest BCUT2D eigenvalue weighted by Gasteiger charge is 2.35. The van der Waals surface area contributed by atoms with Crippen LogP contribution in [0.2, 0.25) is 5.02 Å². The van der Waals surface area contributed by atoms with Gasteiger partial charge in [0.15, 0.2) is 5.65 Å². The van der Waals surface area contributed by atoms with Crippen LogP contribution in [0.5, 0.6) is 0 Å². The molecule has 0 unspecified atom stereocenters. The number of likely N-dealkylation sites (tertiary alicyclic amines) is 1. The molecular weight excluding hydrogens is 490 g/mol. The number of fused-ring (bicyclic) bond motifs is 1. The average molecular weight is 518 g/mol. The van der Waals surface area contributed by atoms with E-state index in [4.69, 9.17) is 16.6 Å². The number of allylic oxidation sites excluding steroid dienone is 1. The molecule has 2 saturated heterocycles. The number of halogens is 1. The van der Waals surface area contributed by atoms with Crippen LogP contribution in [-0.4, -0.2) is 50.4 Å². The van der Waals surface area contributed by atoms with Gasteiger partial charge in [-0.2, -0.15) is 9.61 Å². The van der Waals surface area contributed by atoms with Gasteiger partial charge < -0.3 is 20.9 Å². The maximum absolute atomic E-state index is 12.5. The van der Waals surface area contributed by atoms with Gasteiger partial charge in [0.1, 0.15) is 11.6 Å². The standard InChI is InChI=1S/C27H28ClN7O2/c1-16-11-18(26(36)30-16)12-19-15-29-35-24(32-21-7-9-34(10-8-21)27(37)17-5-6-17)14-23(33-25(19)35)31-22-4-2-3-20(28)13-22/h2-4,12-15,17,21,32H,1,5-11H2,(H,30,36)(H,31,33)/b18-12+. The summed E-state index contributed by atoms with van der Waals surface area (Å²) in [7, 11) is 0. The van der Waals surface area contributed by atoms with Gasteiger partial charge in [0.05, 0.1) is 6.20 Å². The third-order valence-electron chi connectivity index (χ3n) is 7.00. The monoisotopic (exact) mass is 517 g/mol. The van der Waals surface area contributed by atoms with Gasteiger partial charge in [-0.3, -0.25) is 9.59 Å². The Morgan fingerprint density at radius 3 is 2.70 bits per heavy atom. The van der Waals surface area contributed by atoms with Gasteiger partial charge in [-0.15, -0.1) is 0 Å². The maximum atomic E-state index is 12.5. The molecule has 3 N–H and O–H groups in total. The first-order valence-electron chi connectivity index (χ1n) is 12.6. The van der Waals surface area contributed by atoms with E-state index >= 15 is 0 Å². The number of anilines is 3. The summed E-state index contributed by atoms with van der Waals surface area (Å²) in [5.74, 6) is 1.82. The minimum atomic E-state index is -0.150. The largest absolute Gasteiger partial charge is 0.367 e. The Hall–Kier alpha value is -3.85. The van der Waals surface area contributed by atoms with Crippen LogP contribution in [0, 0.1) is 5.92 Å². The van der Waals surface area contributed by atoms with Crippen LogP contribution in [0.15, 0.2) is 54.4 Å². The molecule has 10 heteroatoms. The molecule has 1 saturated carbocycles. The van der Waals surface area contributed by atoms with Crippen molar-refractivity contribution in [3.8, 4) is 0 Å². The van der Waals surface area contributed by atoms with Crippen molar-refractivity contribution < 1.29 is 9.59 Å². The van der Waals surface area contributed by atoms with Gasteiger partial charge in [0, 0.05) is 65.1 Å². The molecule has 3 fully saturated rings. The number of rotatable bonds is 6. The van der Waals surface area contributed by atoms with E-state index in [1.807, 2.05) is 41.3 Å². The number of aromatic nitrogens is 3. The molecule has 2 aliphatic heterocycles. The van der Waals surface area contributed by atoms with Gasteiger partial charge in [0.2, 0.25) is 5.91 Å². The molecule has 37 heavy (non-hydrogen) atoms. The summed E-state index contributed by atoms with van der Waals surface area (Å²) in [4.78, 5) is 31.6. The minimum Gasteiger partial charge on any atom is -0.367 e.